The van der Waals surface area contributed by atoms with Gasteiger partial charge in [-0.25, -0.2) is 0 Å². The van der Waals surface area contributed by atoms with E-state index in [-0.39, 0.29) is 18.1 Å². The van der Waals surface area contributed by atoms with Crippen LogP contribution in [0.4, 0.5) is 0 Å². The van der Waals surface area contributed by atoms with Crippen LogP contribution in [0.5, 0.6) is 0 Å². The van der Waals surface area contributed by atoms with Crippen LogP contribution in [0.15, 0.2) is 18.2 Å². The summed E-state index contributed by atoms with van der Waals surface area (Å²) in [5, 5.41) is 8.14. The van der Waals surface area contributed by atoms with E-state index in [1.54, 1.807) is 19.1 Å². The van der Waals surface area contributed by atoms with Gasteiger partial charge in [-0.15, -0.1) is 0 Å². The first kappa shape index (κ1) is 13.0. The number of rotatable bonds is 4. The van der Waals surface area contributed by atoms with Crippen molar-refractivity contribution in [2.24, 2.45) is 0 Å². The Bertz CT molecular complexity index is 418. The third kappa shape index (κ3) is 3.51. The van der Waals surface area contributed by atoms with Gasteiger partial charge in [0.25, 0.3) is 0 Å². The Hall–Kier alpha value is -1.06. The summed E-state index contributed by atoms with van der Waals surface area (Å²) >= 11 is 11.6. The van der Waals surface area contributed by atoms with Crippen LogP contribution in [0.3, 0.4) is 0 Å². The van der Waals surface area contributed by atoms with Crippen LogP contribution in [-0.2, 0) is 4.74 Å². The Morgan fingerprint density at radius 2 is 2.12 bits per heavy atom. The molecule has 86 valence electrons. The molecule has 0 unspecified atom stereocenters. The fourth-order valence-corrected chi connectivity index (χ4v) is 1.70. The first-order valence-corrected chi connectivity index (χ1v) is 5.48. The summed E-state index contributed by atoms with van der Waals surface area (Å²) in [4.78, 5) is 11.7. The maximum absolute atomic E-state index is 11.7. The van der Waals surface area contributed by atoms with Gasteiger partial charge in [0.2, 0.25) is 0 Å². The van der Waals surface area contributed by atoms with Gasteiger partial charge in [0, 0.05) is 10.6 Å². The molecule has 1 rings (SSSR count). The van der Waals surface area contributed by atoms with E-state index in [9.17, 15) is 4.79 Å². The minimum atomic E-state index is -0.250. The summed E-state index contributed by atoms with van der Waals surface area (Å²) in [6.07, 6.45) is -0.0881. The highest BCUT2D eigenvalue weighted by molar-refractivity contribution is 6.37. The van der Waals surface area contributed by atoms with E-state index in [1.807, 2.05) is 0 Å². The van der Waals surface area contributed by atoms with Gasteiger partial charge in [-0.1, -0.05) is 23.2 Å². The lowest BCUT2D eigenvalue weighted by molar-refractivity contribution is 0.0993. The van der Waals surface area contributed by atoms with Gasteiger partial charge in [0.1, 0.15) is 0 Å². The van der Waals surface area contributed by atoms with Crippen molar-refractivity contribution in [2.75, 3.05) is 6.61 Å². The highest BCUT2D eigenvalue weighted by Crippen LogP contribution is 2.22. The molecule has 0 amide bonds. The van der Waals surface area contributed by atoms with Crippen molar-refractivity contribution in [3.05, 3.63) is 33.8 Å². The average Bonchev–Trinajstić information content (AvgIpc) is 2.17. The molecule has 0 heterocycles. The number of benzene rings is 1. The summed E-state index contributed by atoms with van der Waals surface area (Å²) in [6.45, 7) is 2.13. The molecule has 0 aliphatic carbocycles. The molecule has 3 nitrogen and oxygen atoms in total. The molecule has 1 aromatic rings. The predicted molar refractivity (Wildman–Crippen MR) is 64.8 cm³/mol. The molecule has 0 fully saturated rings. The van der Waals surface area contributed by atoms with Gasteiger partial charge < -0.3 is 4.74 Å². The van der Waals surface area contributed by atoms with Crippen molar-refractivity contribution < 1.29 is 9.53 Å². The number of carbonyl (C=O) groups excluding carboxylic acids is 1. The van der Waals surface area contributed by atoms with Crippen LogP contribution < -0.4 is 0 Å². The number of Topliss-reactive ketones (excluding diaryl/α,β-unsaturated/α-hetero) is 1. The second-order valence-electron chi connectivity index (χ2n) is 3.08. The van der Waals surface area contributed by atoms with Crippen molar-refractivity contribution in [1.29, 1.82) is 5.41 Å². The molecule has 0 spiro atoms. The van der Waals surface area contributed by atoms with Crippen LogP contribution in [0.25, 0.3) is 0 Å². The fourth-order valence-electron chi connectivity index (χ4n) is 1.18. The lowest BCUT2D eigenvalue weighted by Crippen LogP contribution is -2.11. The first-order chi connectivity index (χ1) is 7.54. The van der Waals surface area contributed by atoms with E-state index in [1.165, 1.54) is 6.07 Å². The Kier molecular flexibility index (Phi) is 4.77. The molecule has 0 atom stereocenters. The van der Waals surface area contributed by atoms with Gasteiger partial charge in [-0.2, -0.15) is 0 Å². The average molecular weight is 260 g/mol. The number of ketones is 1. The molecule has 0 bridgehead atoms. The fraction of sp³-hybridized carbons (Fsp3) is 0.273. The highest BCUT2D eigenvalue weighted by Gasteiger charge is 2.13. The second kappa shape index (κ2) is 5.87. The molecular formula is C11H11Cl2NO2. The van der Waals surface area contributed by atoms with Gasteiger partial charge in [-0.05, 0) is 25.1 Å². The Labute approximate surface area is 104 Å². The third-order valence-corrected chi connectivity index (χ3v) is 2.42. The molecule has 16 heavy (non-hydrogen) atoms. The van der Waals surface area contributed by atoms with E-state index in [0.717, 1.165) is 0 Å². The van der Waals surface area contributed by atoms with E-state index >= 15 is 0 Å². The van der Waals surface area contributed by atoms with E-state index in [0.29, 0.717) is 22.2 Å². The molecule has 0 saturated carbocycles. The largest absolute Gasteiger partial charge is 0.481 e. The monoisotopic (exact) mass is 259 g/mol. The van der Waals surface area contributed by atoms with Gasteiger partial charge in [0.15, 0.2) is 11.7 Å². The topological polar surface area (TPSA) is 50.1 Å². The summed E-state index contributed by atoms with van der Waals surface area (Å²) in [5.74, 6) is -0.307. The van der Waals surface area contributed by atoms with Crippen LogP contribution in [-0.4, -0.2) is 18.3 Å². The van der Waals surface area contributed by atoms with Crippen molar-refractivity contribution in [1.82, 2.24) is 0 Å². The van der Waals surface area contributed by atoms with Gasteiger partial charge >= 0.3 is 0 Å². The van der Waals surface area contributed by atoms with Crippen molar-refractivity contribution in [2.45, 2.75) is 13.3 Å². The van der Waals surface area contributed by atoms with Gasteiger partial charge in [-0.3, -0.25) is 10.2 Å². The maximum Gasteiger partial charge on any atom is 0.188 e. The van der Waals surface area contributed by atoms with Crippen molar-refractivity contribution >= 4 is 34.9 Å². The molecule has 0 aliphatic heterocycles. The van der Waals surface area contributed by atoms with E-state index < -0.39 is 0 Å². The number of carbonyl (C=O) groups is 1. The molecule has 5 heteroatoms. The lowest BCUT2D eigenvalue weighted by Gasteiger charge is -2.05. The summed E-state index contributed by atoms with van der Waals surface area (Å²) in [6, 6.07) is 4.64. The van der Waals surface area contributed by atoms with Crippen molar-refractivity contribution in [3.63, 3.8) is 0 Å². The quantitative estimate of drug-likeness (QED) is 0.511. The smallest absolute Gasteiger partial charge is 0.188 e. The molecule has 0 radical (unpaired) electrons. The Balaban J connectivity index is 2.77. The predicted octanol–water partition coefficient (Wildman–Crippen LogP) is 3.58. The molecule has 0 aliphatic rings. The molecule has 0 saturated heterocycles. The summed E-state index contributed by atoms with van der Waals surface area (Å²) < 4.78 is 4.89. The molecule has 1 aromatic carbocycles. The van der Waals surface area contributed by atoms with E-state index in [2.05, 4.69) is 0 Å². The number of halogens is 2. The second-order valence-corrected chi connectivity index (χ2v) is 3.92. The number of hydrogen-bond donors (Lipinski definition) is 1. The van der Waals surface area contributed by atoms with Crippen LogP contribution >= 0.6 is 23.2 Å². The minimum Gasteiger partial charge on any atom is -0.481 e. The zero-order chi connectivity index (χ0) is 12.1. The zero-order valence-electron chi connectivity index (χ0n) is 8.72. The summed E-state index contributed by atoms with van der Waals surface area (Å²) in [7, 11) is 0. The SMILES string of the molecule is CCOC(=N)CC(=O)c1ccc(Cl)cc1Cl. The third-order valence-electron chi connectivity index (χ3n) is 1.87. The lowest BCUT2D eigenvalue weighted by atomic mass is 10.1. The molecule has 1 N–H and O–H groups in total. The number of hydrogen-bond acceptors (Lipinski definition) is 3. The number of nitrogens with one attached hydrogen (secondary N) is 1. The van der Waals surface area contributed by atoms with Crippen LogP contribution in [0, 0.1) is 5.41 Å². The maximum atomic E-state index is 11.7. The number of ether oxygens (including phenoxy) is 1. The van der Waals surface area contributed by atoms with E-state index in [4.69, 9.17) is 33.3 Å². The highest BCUT2D eigenvalue weighted by atomic mass is 35.5. The van der Waals surface area contributed by atoms with Crippen LogP contribution in [0.2, 0.25) is 10.0 Å². The first-order valence-electron chi connectivity index (χ1n) is 4.73. The normalized spacial score (nSPS) is 9.94. The molecule has 0 aromatic heterocycles. The Morgan fingerprint density at radius 3 is 2.69 bits per heavy atom. The minimum absolute atomic E-state index is 0.0569. The Morgan fingerprint density at radius 1 is 1.44 bits per heavy atom. The summed E-state index contributed by atoms with van der Waals surface area (Å²) in [5.41, 5.74) is 0.357. The zero-order valence-corrected chi connectivity index (χ0v) is 10.2. The van der Waals surface area contributed by atoms with Gasteiger partial charge in [0.05, 0.1) is 18.1 Å². The van der Waals surface area contributed by atoms with Crippen LogP contribution in [0.1, 0.15) is 23.7 Å². The standard InChI is InChI=1S/C11H11Cl2NO2/c1-2-16-11(14)6-10(15)8-4-3-7(12)5-9(8)13/h3-5,14H,2,6H2,1H3. The van der Waals surface area contributed by atoms with Crippen molar-refractivity contribution in [3.8, 4) is 0 Å². The molecular weight excluding hydrogens is 249 g/mol.